The highest BCUT2D eigenvalue weighted by Crippen LogP contribution is 2.27. The Kier molecular flexibility index (Phi) is 6.30. The standard InChI is InChI=1S/C13H16Cl2FNO/c1-3-4-9-7-10(18-6-5-12(14)15)8-11(16)13(9)17-2/h5,7-8,17H,3-4,6H2,1-2H3. The molecule has 0 atom stereocenters. The maximum absolute atomic E-state index is 13.8. The molecule has 0 spiro atoms. The Morgan fingerprint density at radius 3 is 2.72 bits per heavy atom. The molecule has 5 heteroatoms. The predicted molar refractivity (Wildman–Crippen MR) is 75.2 cm³/mol. The lowest BCUT2D eigenvalue weighted by molar-refractivity contribution is 0.360. The largest absolute Gasteiger partial charge is 0.489 e. The second-order valence-electron chi connectivity index (χ2n) is 3.74. The molecule has 1 aromatic carbocycles. The van der Waals surface area contributed by atoms with Crippen molar-refractivity contribution in [3.63, 3.8) is 0 Å². The maximum Gasteiger partial charge on any atom is 0.150 e. The highest BCUT2D eigenvalue weighted by atomic mass is 35.5. The average Bonchev–Trinajstić information content (AvgIpc) is 2.28. The molecule has 0 aliphatic heterocycles. The van der Waals surface area contributed by atoms with Crippen LogP contribution in [0.4, 0.5) is 10.1 Å². The first kappa shape index (κ1) is 15.1. The van der Waals surface area contributed by atoms with Crippen LogP contribution in [0.2, 0.25) is 0 Å². The Morgan fingerprint density at radius 2 is 2.17 bits per heavy atom. The zero-order chi connectivity index (χ0) is 13.5. The summed E-state index contributed by atoms with van der Waals surface area (Å²) in [7, 11) is 1.70. The smallest absolute Gasteiger partial charge is 0.150 e. The number of aryl methyl sites for hydroxylation is 1. The molecule has 1 N–H and O–H groups in total. The van der Waals surface area contributed by atoms with E-state index in [1.54, 1.807) is 7.05 Å². The number of halogens is 3. The summed E-state index contributed by atoms with van der Waals surface area (Å²) in [6, 6.07) is 3.18. The molecule has 0 saturated heterocycles. The Bertz CT molecular complexity index is 431. The molecule has 0 heterocycles. The van der Waals surface area contributed by atoms with E-state index in [2.05, 4.69) is 5.32 Å². The minimum Gasteiger partial charge on any atom is -0.489 e. The van der Waals surface area contributed by atoms with Crippen molar-refractivity contribution in [1.29, 1.82) is 0 Å². The van der Waals surface area contributed by atoms with Crippen LogP contribution in [0.25, 0.3) is 0 Å². The number of hydrogen-bond donors (Lipinski definition) is 1. The van der Waals surface area contributed by atoms with Gasteiger partial charge in [-0.15, -0.1) is 0 Å². The van der Waals surface area contributed by atoms with Crippen molar-refractivity contribution in [1.82, 2.24) is 0 Å². The number of benzene rings is 1. The number of nitrogens with one attached hydrogen (secondary N) is 1. The number of ether oxygens (including phenoxy) is 1. The minimum absolute atomic E-state index is 0.135. The van der Waals surface area contributed by atoms with Crippen LogP contribution < -0.4 is 10.1 Å². The SMILES string of the molecule is CCCc1cc(OCC=C(Cl)Cl)cc(F)c1NC. The van der Waals surface area contributed by atoms with E-state index in [1.165, 1.54) is 12.1 Å². The molecule has 0 amide bonds. The van der Waals surface area contributed by atoms with Crippen molar-refractivity contribution in [2.24, 2.45) is 0 Å². The molecular weight excluding hydrogens is 276 g/mol. The van der Waals surface area contributed by atoms with Crippen LogP contribution in [-0.2, 0) is 6.42 Å². The fraction of sp³-hybridized carbons (Fsp3) is 0.385. The fourth-order valence-electron chi connectivity index (χ4n) is 1.67. The molecule has 0 saturated carbocycles. The third-order valence-corrected chi connectivity index (χ3v) is 2.71. The third-order valence-electron chi connectivity index (χ3n) is 2.40. The van der Waals surface area contributed by atoms with E-state index in [9.17, 15) is 4.39 Å². The van der Waals surface area contributed by atoms with Gasteiger partial charge in [0.05, 0.1) is 5.69 Å². The first-order valence-electron chi connectivity index (χ1n) is 5.72. The van der Waals surface area contributed by atoms with E-state index in [4.69, 9.17) is 27.9 Å². The van der Waals surface area contributed by atoms with Gasteiger partial charge in [-0.3, -0.25) is 0 Å². The first-order chi connectivity index (χ1) is 8.58. The van der Waals surface area contributed by atoms with Gasteiger partial charge in [0.25, 0.3) is 0 Å². The summed E-state index contributed by atoms with van der Waals surface area (Å²) in [5, 5.41) is 2.87. The lowest BCUT2D eigenvalue weighted by Gasteiger charge is -2.12. The van der Waals surface area contributed by atoms with E-state index in [0.29, 0.717) is 11.4 Å². The summed E-state index contributed by atoms with van der Waals surface area (Å²) in [5.41, 5.74) is 1.42. The van der Waals surface area contributed by atoms with E-state index in [-0.39, 0.29) is 16.9 Å². The zero-order valence-corrected chi connectivity index (χ0v) is 11.9. The van der Waals surface area contributed by atoms with E-state index in [0.717, 1.165) is 18.4 Å². The molecule has 0 aromatic heterocycles. The van der Waals surface area contributed by atoms with Crippen LogP contribution in [0.15, 0.2) is 22.7 Å². The summed E-state index contributed by atoms with van der Waals surface area (Å²) in [5.74, 6) is 0.153. The van der Waals surface area contributed by atoms with Crippen molar-refractivity contribution in [3.05, 3.63) is 34.1 Å². The second-order valence-corrected chi connectivity index (χ2v) is 4.75. The molecule has 2 nitrogen and oxygen atoms in total. The minimum atomic E-state index is -0.320. The Balaban J connectivity index is 2.90. The van der Waals surface area contributed by atoms with Gasteiger partial charge in [-0.25, -0.2) is 4.39 Å². The number of hydrogen-bond acceptors (Lipinski definition) is 2. The molecule has 1 aromatic rings. The van der Waals surface area contributed by atoms with Crippen LogP contribution in [0.5, 0.6) is 5.75 Å². The number of anilines is 1. The Hall–Kier alpha value is -0.930. The van der Waals surface area contributed by atoms with Crippen molar-refractivity contribution in [2.75, 3.05) is 19.0 Å². The van der Waals surface area contributed by atoms with Gasteiger partial charge in [-0.05, 0) is 24.1 Å². The first-order valence-corrected chi connectivity index (χ1v) is 6.48. The monoisotopic (exact) mass is 291 g/mol. The van der Waals surface area contributed by atoms with Gasteiger partial charge in [0.1, 0.15) is 22.7 Å². The Labute approximate surface area is 117 Å². The van der Waals surface area contributed by atoms with Crippen molar-refractivity contribution < 1.29 is 9.13 Å². The van der Waals surface area contributed by atoms with Crippen LogP contribution in [0.1, 0.15) is 18.9 Å². The highest BCUT2D eigenvalue weighted by Gasteiger charge is 2.09. The molecular formula is C13H16Cl2FNO. The topological polar surface area (TPSA) is 21.3 Å². The van der Waals surface area contributed by atoms with Crippen molar-refractivity contribution in [2.45, 2.75) is 19.8 Å². The molecule has 0 radical (unpaired) electrons. The zero-order valence-electron chi connectivity index (χ0n) is 10.4. The molecule has 1 rings (SSSR count). The van der Waals surface area contributed by atoms with Crippen LogP contribution in [-0.4, -0.2) is 13.7 Å². The van der Waals surface area contributed by atoms with Crippen LogP contribution in [0.3, 0.4) is 0 Å². The third kappa shape index (κ3) is 4.39. The van der Waals surface area contributed by atoms with Gasteiger partial charge >= 0.3 is 0 Å². The summed E-state index contributed by atoms with van der Waals surface area (Å²) in [6.45, 7) is 2.26. The van der Waals surface area contributed by atoms with Gasteiger partial charge < -0.3 is 10.1 Å². The summed E-state index contributed by atoms with van der Waals surface area (Å²) in [6.07, 6.45) is 3.23. The lowest BCUT2D eigenvalue weighted by Crippen LogP contribution is -2.02. The van der Waals surface area contributed by atoms with Gasteiger partial charge in [-0.1, -0.05) is 36.5 Å². The number of rotatable bonds is 6. The van der Waals surface area contributed by atoms with Crippen molar-refractivity contribution in [3.8, 4) is 5.75 Å². The van der Waals surface area contributed by atoms with Crippen molar-refractivity contribution >= 4 is 28.9 Å². The van der Waals surface area contributed by atoms with E-state index >= 15 is 0 Å². The Morgan fingerprint density at radius 1 is 1.44 bits per heavy atom. The summed E-state index contributed by atoms with van der Waals surface area (Å²) in [4.78, 5) is 0. The van der Waals surface area contributed by atoms with E-state index in [1.807, 2.05) is 13.0 Å². The summed E-state index contributed by atoms with van der Waals surface area (Å²) >= 11 is 10.9. The lowest BCUT2D eigenvalue weighted by atomic mass is 10.1. The fourth-order valence-corrected chi connectivity index (χ4v) is 1.79. The molecule has 0 bridgehead atoms. The molecule has 0 aliphatic rings. The normalized spacial score (nSPS) is 10.1. The van der Waals surface area contributed by atoms with Gasteiger partial charge in [0, 0.05) is 13.1 Å². The average molecular weight is 292 g/mol. The molecule has 0 aliphatic carbocycles. The summed E-state index contributed by atoms with van der Waals surface area (Å²) < 4.78 is 19.3. The quantitative estimate of drug-likeness (QED) is 0.832. The van der Waals surface area contributed by atoms with E-state index < -0.39 is 0 Å². The molecule has 0 fully saturated rings. The van der Waals surface area contributed by atoms with Gasteiger partial charge in [0.2, 0.25) is 0 Å². The maximum atomic E-state index is 13.8. The van der Waals surface area contributed by atoms with Gasteiger partial charge in [-0.2, -0.15) is 0 Å². The van der Waals surface area contributed by atoms with Crippen LogP contribution in [0, 0.1) is 5.82 Å². The second kappa shape index (κ2) is 7.49. The molecule has 100 valence electrons. The van der Waals surface area contributed by atoms with Crippen LogP contribution >= 0.6 is 23.2 Å². The predicted octanol–water partition coefficient (Wildman–Crippen LogP) is 4.52. The molecule has 18 heavy (non-hydrogen) atoms. The highest BCUT2D eigenvalue weighted by molar-refractivity contribution is 6.55. The van der Waals surface area contributed by atoms with Gasteiger partial charge in [0.15, 0.2) is 0 Å². The molecule has 0 unspecified atom stereocenters.